The van der Waals surface area contributed by atoms with Crippen molar-refractivity contribution in [3.63, 3.8) is 0 Å². The summed E-state index contributed by atoms with van der Waals surface area (Å²) in [7, 11) is 1.60. The topological polar surface area (TPSA) is 82.6 Å². The molecular weight excluding hydrogens is 478 g/mol. The zero-order valence-corrected chi connectivity index (χ0v) is 16.3. The van der Waals surface area contributed by atoms with Gasteiger partial charge in [0.2, 0.25) is 0 Å². The second-order valence-corrected chi connectivity index (χ2v) is 6.69. The minimum absolute atomic E-state index is 0.0586. The number of carbonyl (C=O) groups is 1. The van der Waals surface area contributed by atoms with Gasteiger partial charge in [0.25, 0.3) is 5.91 Å². The van der Waals surface area contributed by atoms with Crippen LogP contribution in [-0.2, 0) is 4.84 Å². The first-order valence-corrected chi connectivity index (χ1v) is 8.85. The Morgan fingerprint density at radius 3 is 2.59 bits per heavy atom. The Hall–Kier alpha value is -1.89. The van der Waals surface area contributed by atoms with E-state index in [0.29, 0.717) is 3.57 Å². The van der Waals surface area contributed by atoms with Crippen LogP contribution in [0.2, 0.25) is 0 Å². The molecule has 0 aromatic heterocycles. The third kappa shape index (κ3) is 5.54. The molecule has 0 unspecified atom stereocenters. The van der Waals surface area contributed by atoms with Gasteiger partial charge in [-0.2, -0.15) is 0 Å². The van der Waals surface area contributed by atoms with Gasteiger partial charge in [-0.15, -0.1) is 0 Å². The normalized spacial score (nSPS) is 11.9. The van der Waals surface area contributed by atoms with E-state index in [-0.39, 0.29) is 24.5 Å². The molecule has 6 nitrogen and oxygen atoms in total. The molecule has 1 atom stereocenters. The molecule has 0 bridgehead atoms. The number of hydrogen-bond acceptors (Lipinski definition) is 5. The Labute approximate surface area is 167 Å². The van der Waals surface area contributed by atoms with Gasteiger partial charge < -0.3 is 15.7 Å². The molecule has 2 aromatic rings. The van der Waals surface area contributed by atoms with Gasteiger partial charge in [0.15, 0.2) is 11.6 Å². The molecule has 146 valence electrons. The van der Waals surface area contributed by atoms with Crippen molar-refractivity contribution in [2.45, 2.75) is 6.04 Å². The highest BCUT2D eigenvalue weighted by Gasteiger charge is 2.20. The number of hydrogen-bond donors (Lipinski definition) is 4. The van der Waals surface area contributed by atoms with Gasteiger partial charge >= 0.3 is 0 Å². The fourth-order valence-electron chi connectivity index (χ4n) is 2.08. The maximum atomic E-state index is 14.3. The van der Waals surface area contributed by atoms with Crippen molar-refractivity contribution in [2.75, 3.05) is 25.6 Å². The van der Waals surface area contributed by atoms with Gasteiger partial charge in [-0.1, -0.05) is 0 Å². The molecule has 0 saturated heterocycles. The molecule has 0 aliphatic heterocycles. The van der Waals surface area contributed by atoms with Crippen molar-refractivity contribution in [2.24, 2.45) is 0 Å². The van der Waals surface area contributed by atoms with Gasteiger partial charge in [-0.3, -0.25) is 9.63 Å². The number of likely N-dealkylation sites (N-methyl/N-ethyl adjacent to an activating group) is 1. The second-order valence-electron chi connectivity index (χ2n) is 5.44. The van der Waals surface area contributed by atoms with E-state index < -0.39 is 35.1 Å². The van der Waals surface area contributed by atoms with E-state index in [0.717, 1.165) is 12.1 Å². The molecule has 0 aliphatic rings. The number of hydroxylamine groups is 1. The third-order valence-electron chi connectivity index (χ3n) is 3.61. The molecule has 0 fully saturated rings. The van der Waals surface area contributed by atoms with Crippen LogP contribution in [0.1, 0.15) is 10.4 Å². The summed E-state index contributed by atoms with van der Waals surface area (Å²) in [6, 6.07) is 5.52. The van der Waals surface area contributed by atoms with Gasteiger partial charge in [0, 0.05) is 3.57 Å². The molecule has 0 heterocycles. The lowest BCUT2D eigenvalue weighted by Gasteiger charge is -2.16. The molecule has 2 rings (SSSR count). The molecule has 0 aliphatic carbocycles. The molecule has 0 radical (unpaired) electrons. The van der Waals surface area contributed by atoms with Gasteiger partial charge in [0.1, 0.15) is 5.82 Å². The SMILES string of the molecule is CN[C@H](CO)CONC(=O)c1ccc(F)c(F)c1Nc1ccc(I)cc1F. The zero-order chi connectivity index (χ0) is 20.0. The lowest BCUT2D eigenvalue weighted by molar-refractivity contribution is 0.0164. The van der Waals surface area contributed by atoms with Crippen LogP contribution in [0.5, 0.6) is 0 Å². The van der Waals surface area contributed by atoms with E-state index in [1.165, 1.54) is 12.1 Å². The van der Waals surface area contributed by atoms with Crippen molar-refractivity contribution < 1.29 is 27.9 Å². The standard InChI is InChI=1S/C17H17F3IN3O3/c1-22-10(7-25)8-27-24-17(26)11-3-4-12(18)15(20)16(11)23-14-5-2-9(21)6-13(14)19/h2-6,10,22-23,25H,7-8H2,1H3,(H,24,26)/t10-/m1/s1. The smallest absolute Gasteiger partial charge is 0.277 e. The number of halogens is 4. The van der Waals surface area contributed by atoms with E-state index in [9.17, 15) is 18.0 Å². The summed E-state index contributed by atoms with van der Waals surface area (Å²) < 4.78 is 42.5. The van der Waals surface area contributed by atoms with Crippen LogP contribution in [-0.4, -0.2) is 37.3 Å². The summed E-state index contributed by atoms with van der Waals surface area (Å²) in [6.07, 6.45) is 0. The summed E-state index contributed by atoms with van der Waals surface area (Å²) in [5.41, 5.74) is 1.16. The first-order valence-electron chi connectivity index (χ1n) is 7.77. The number of carbonyl (C=O) groups excluding carboxylic acids is 1. The summed E-state index contributed by atoms with van der Waals surface area (Å²) in [5.74, 6) is -4.08. The Bertz CT molecular complexity index is 819. The fraction of sp³-hybridized carbons (Fsp3) is 0.235. The van der Waals surface area contributed by atoms with Crippen molar-refractivity contribution >= 4 is 39.9 Å². The van der Waals surface area contributed by atoms with Gasteiger partial charge in [0.05, 0.1) is 36.2 Å². The number of rotatable bonds is 8. The van der Waals surface area contributed by atoms with Crippen LogP contribution in [0.15, 0.2) is 30.3 Å². The average molecular weight is 495 g/mol. The summed E-state index contributed by atoms with van der Waals surface area (Å²) in [6.45, 7) is -0.284. The highest BCUT2D eigenvalue weighted by Crippen LogP contribution is 2.28. The minimum Gasteiger partial charge on any atom is -0.395 e. The predicted molar refractivity (Wildman–Crippen MR) is 102 cm³/mol. The highest BCUT2D eigenvalue weighted by atomic mass is 127. The molecule has 27 heavy (non-hydrogen) atoms. The molecule has 10 heteroatoms. The molecule has 0 saturated carbocycles. The number of nitrogens with one attached hydrogen (secondary N) is 3. The Kier molecular flexibility index (Phi) is 7.83. The number of anilines is 2. The largest absolute Gasteiger partial charge is 0.395 e. The van der Waals surface area contributed by atoms with E-state index >= 15 is 0 Å². The Morgan fingerprint density at radius 2 is 1.96 bits per heavy atom. The van der Waals surface area contributed by atoms with Crippen molar-refractivity contribution in [3.8, 4) is 0 Å². The maximum Gasteiger partial charge on any atom is 0.277 e. The first kappa shape index (κ1) is 21.4. The zero-order valence-electron chi connectivity index (χ0n) is 14.2. The lowest BCUT2D eigenvalue weighted by atomic mass is 10.1. The molecule has 2 aromatic carbocycles. The summed E-state index contributed by atoms with van der Waals surface area (Å²) in [5, 5.41) is 14.2. The van der Waals surface area contributed by atoms with Crippen molar-refractivity contribution in [3.05, 3.63) is 56.9 Å². The Morgan fingerprint density at radius 1 is 1.22 bits per heavy atom. The lowest BCUT2D eigenvalue weighted by Crippen LogP contribution is -2.37. The van der Waals surface area contributed by atoms with Crippen molar-refractivity contribution in [1.82, 2.24) is 10.8 Å². The maximum absolute atomic E-state index is 14.3. The fourth-order valence-corrected chi connectivity index (χ4v) is 2.53. The van der Waals surface area contributed by atoms with E-state index in [1.54, 1.807) is 13.1 Å². The van der Waals surface area contributed by atoms with Crippen LogP contribution in [0.4, 0.5) is 24.5 Å². The quantitative estimate of drug-likeness (QED) is 0.335. The van der Waals surface area contributed by atoms with Crippen LogP contribution in [0.25, 0.3) is 0 Å². The average Bonchev–Trinajstić information content (AvgIpc) is 2.64. The first-order chi connectivity index (χ1) is 12.9. The van der Waals surface area contributed by atoms with Crippen LogP contribution in [0, 0.1) is 21.0 Å². The second kappa shape index (κ2) is 9.88. The molecule has 1 amide bonds. The number of aliphatic hydroxyl groups is 1. The number of benzene rings is 2. The van der Waals surface area contributed by atoms with E-state index in [4.69, 9.17) is 9.94 Å². The number of amides is 1. The van der Waals surface area contributed by atoms with E-state index in [2.05, 4.69) is 16.1 Å². The summed E-state index contributed by atoms with van der Waals surface area (Å²) in [4.78, 5) is 17.2. The molecular formula is C17H17F3IN3O3. The van der Waals surface area contributed by atoms with Gasteiger partial charge in [-0.25, -0.2) is 18.7 Å². The number of aliphatic hydroxyl groups excluding tert-OH is 1. The predicted octanol–water partition coefficient (Wildman–Crippen LogP) is 2.69. The van der Waals surface area contributed by atoms with Crippen LogP contribution in [0.3, 0.4) is 0 Å². The minimum atomic E-state index is -1.33. The highest BCUT2D eigenvalue weighted by molar-refractivity contribution is 14.1. The van der Waals surface area contributed by atoms with Crippen LogP contribution < -0.4 is 16.1 Å². The monoisotopic (exact) mass is 495 g/mol. The van der Waals surface area contributed by atoms with Gasteiger partial charge in [-0.05, 0) is 60.0 Å². The third-order valence-corrected chi connectivity index (χ3v) is 4.28. The van der Waals surface area contributed by atoms with Crippen molar-refractivity contribution in [1.29, 1.82) is 0 Å². The van der Waals surface area contributed by atoms with E-state index in [1.807, 2.05) is 22.6 Å². The van der Waals surface area contributed by atoms with Crippen LogP contribution >= 0.6 is 22.6 Å². The summed E-state index contributed by atoms with van der Waals surface area (Å²) >= 11 is 1.90. The molecule has 4 N–H and O–H groups in total. The Balaban J connectivity index is 2.24. The molecule has 0 spiro atoms.